The van der Waals surface area contributed by atoms with Gasteiger partial charge < -0.3 is 11.1 Å². The Bertz CT molecular complexity index is 345. The molecule has 0 heterocycles. The van der Waals surface area contributed by atoms with Crippen LogP contribution in [0.4, 0.5) is 0 Å². The highest BCUT2D eigenvalue weighted by Gasteiger charge is 2.53. The fraction of sp³-hybridized carbons (Fsp3) is 0.947. The predicted octanol–water partition coefficient (Wildman–Crippen LogP) is 4.81. The highest BCUT2D eigenvalue weighted by atomic mass is 15.1. The molecule has 0 aromatic heterocycles. The van der Waals surface area contributed by atoms with Crippen molar-refractivity contribution in [3.05, 3.63) is 0 Å². The van der Waals surface area contributed by atoms with E-state index in [1.54, 1.807) is 0 Å². The van der Waals surface area contributed by atoms with Crippen molar-refractivity contribution in [1.29, 1.82) is 5.41 Å². The van der Waals surface area contributed by atoms with Gasteiger partial charge in [0.1, 0.15) is 0 Å². The molecule has 2 aliphatic rings. The molecule has 0 atom stereocenters. The van der Waals surface area contributed by atoms with E-state index < -0.39 is 0 Å². The Morgan fingerprint density at radius 3 is 1.68 bits per heavy atom. The summed E-state index contributed by atoms with van der Waals surface area (Å²) in [6.45, 7) is 7.00. The van der Waals surface area contributed by atoms with E-state index in [1.807, 2.05) is 0 Å². The van der Waals surface area contributed by atoms with Crippen molar-refractivity contribution >= 4 is 5.96 Å². The first kappa shape index (κ1) is 17.6. The van der Waals surface area contributed by atoms with Gasteiger partial charge in [-0.25, -0.2) is 0 Å². The Morgan fingerprint density at radius 2 is 1.36 bits per heavy atom. The minimum Gasteiger partial charge on any atom is -0.370 e. The second-order valence-electron chi connectivity index (χ2n) is 8.23. The Kier molecular flexibility index (Phi) is 5.79. The second-order valence-corrected chi connectivity index (χ2v) is 8.23. The van der Waals surface area contributed by atoms with Gasteiger partial charge in [-0.1, -0.05) is 45.4 Å². The average Bonchev–Trinajstić information content (AvgIpc) is 2.49. The van der Waals surface area contributed by atoms with E-state index in [2.05, 4.69) is 26.1 Å². The number of hydrogen-bond donors (Lipinski definition) is 3. The van der Waals surface area contributed by atoms with Crippen molar-refractivity contribution in [3.8, 4) is 0 Å². The summed E-state index contributed by atoms with van der Waals surface area (Å²) in [5.74, 6) is 1.71. The maximum Gasteiger partial charge on any atom is 0.186 e. The maximum atomic E-state index is 7.80. The van der Waals surface area contributed by atoms with Gasteiger partial charge in [-0.2, -0.15) is 0 Å². The standard InChI is InChI=1S/C19H37N3/c1-4-19(15-11-7-5-8-12-15,16-13-9-6-10-14-16)18(2,3)22-17(20)21/h15-16H,4-14H2,1-3H3,(H4,20,21,22). The molecule has 2 saturated carbocycles. The van der Waals surface area contributed by atoms with Gasteiger partial charge in [0.05, 0.1) is 0 Å². The summed E-state index contributed by atoms with van der Waals surface area (Å²) in [6, 6.07) is 0. The van der Waals surface area contributed by atoms with Crippen LogP contribution in [0.1, 0.15) is 91.4 Å². The Morgan fingerprint density at radius 1 is 0.955 bits per heavy atom. The van der Waals surface area contributed by atoms with Crippen LogP contribution in [0, 0.1) is 22.7 Å². The fourth-order valence-corrected chi connectivity index (χ4v) is 6.06. The van der Waals surface area contributed by atoms with Crippen LogP contribution in [0.15, 0.2) is 0 Å². The van der Waals surface area contributed by atoms with Gasteiger partial charge >= 0.3 is 0 Å². The van der Waals surface area contributed by atoms with Crippen molar-refractivity contribution in [2.75, 3.05) is 0 Å². The summed E-state index contributed by atoms with van der Waals surface area (Å²) in [6.07, 6.45) is 15.0. The van der Waals surface area contributed by atoms with E-state index in [0.717, 1.165) is 11.8 Å². The Labute approximate surface area is 137 Å². The van der Waals surface area contributed by atoms with Crippen LogP contribution in [0.5, 0.6) is 0 Å². The Hall–Kier alpha value is -0.730. The molecule has 0 radical (unpaired) electrons. The SMILES string of the molecule is CCC(C1CCCCC1)(C1CCCCC1)C(C)(C)NC(=N)N. The highest BCUT2D eigenvalue weighted by molar-refractivity contribution is 5.75. The molecular formula is C19H37N3. The second kappa shape index (κ2) is 7.23. The van der Waals surface area contributed by atoms with Crippen LogP contribution in [0.25, 0.3) is 0 Å². The minimum absolute atomic E-state index is 0.0996. The van der Waals surface area contributed by atoms with Gasteiger partial charge in [0, 0.05) is 5.54 Å². The largest absolute Gasteiger partial charge is 0.370 e. The van der Waals surface area contributed by atoms with E-state index in [1.165, 1.54) is 70.6 Å². The van der Waals surface area contributed by atoms with Crippen molar-refractivity contribution in [2.24, 2.45) is 23.0 Å². The van der Waals surface area contributed by atoms with E-state index >= 15 is 0 Å². The van der Waals surface area contributed by atoms with Crippen LogP contribution in [-0.2, 0) is 0 Å². The summed E-state index contributed by atoms with van der Waals surface area (Å²) < 4.78 is 0. The lowest BCUT2D eigenvalue weighted by atomic mass is 9.50. The molecule has 4 N–H and O–H groups in total. The summed E-state index contributed by atoms with van der Waals surface area (Å²) in [4.78, 5) is 0. The third-order valence-corrected chi connectivity index (χ3v) is 6.86. The molecule has 3 nitrogen and oxygen atoms in total. The molecule has 0 unspecified atom stereocenters. The summed E-state index contributed by atoms with van der Waals surface area (Å²) in [5, 5.41) is 11.2. The molecule has 0 spiro atoms. The predicted molar refractivity (Wildman–Crippen MR) is 95.0 cm³/mol. The monoisotopic (exact) mass is 307 g/mol. The fourth-order valence-electron chi connectivity index (χ4n) is 6.06. The number of hydrogen-bond acceptors (Lipinski definition) is 1. The van der Waals surface area contributed by atoms with E-state index in [0.29, 0.717) is 0 Å². The molecular weight excluding hydrogens is 270 g/mol. The van der Waals surface area contributed by atoms with Gasteiger partial charge in [0.15, 0.2) is 5.96 Å². The molecule has 2 aliphatic carbocycles. The molecule has 128 valence electrons. The maximum absolute atomic E-state index is 7.80. The van der Waals surface area contributed by atoms with Crippen molar-refractivity contribution in [1.82, 2.24) is 5.32 Å². The third kappa shape index (κ3) is 3.28. The topological polar surface area (TPSA) is 61.9 Å². The van der Waals surface area contributed by atoms with Gasteiger partial charge in [-0.05, 0) is 63.2 Å². The zero-order valence-electron chi connectivity index (χ0n) is 15.0. The van der Waals surface area contributed by atoms with Gasteiger partial charge in [0.2, 0.25) is 0 Å². The molecule has 3 heteroatoms. The van der Waals surface area contributed by atoms with E-state index in [-0.39, 0.29) is 16.9 Å². The van der Waals surface area contributed by atoms with E-state index in [9.17, 15) is 0 Å². The first-order chi connectivity index (χ1) is 10.4. The smallest absolute Gasteiger partial charge is 0.186 e. The van der Waals surface area contributed by atoms with Gasteiger partial charge in [0.25, 0.3) is 0 Å². The van der Waals surface area contributed by atoms with Gasteiger partial charge in [-0.15, -0.1) is 0 Å². The lowest BCUT2D eigenvalue weighted by Gasteiger charge is -2.58. The summed E-state index contributed by atoms with van der Waals surface area (Å²) >= 11 is 0. The highest BCUT2D eigenvalue weighted by Crippen LogP contribution is 2.56. The van der Waals surface area contributed by atoms with Crippen LogP contribution in [0.2, 0.25) is 0 Å². The molecule has 0 aromatic carbocycles. The molecule has 2 rings (SSSR count). The average molecular weight is 308 g/mol. The molecule has 0 amide bonds. The lowest BCUT2D eigenvalue weighted by Crippen LogP contribution is -2.63. The quantitative estimate of drug-likeness (QED) is 0.504. The number of guanidine groups is 1. The van der Waals surface area contributed by atoms with Crippen LogP contribution in [0.3, 0.4) is 0 Å². The molecule has 22 heavy (non-hydrogen) atoms. The first-order valence-electron chi connectivity index (χ1n) is 9.56. The summed E-state index contributed by atoms with van der Waals surface area (Å²) in [5.41, 5.74) is 5.94. The minimum atomic E-state index is -0.0996. The van der Waals surface area contributed by atoms with E-state index in [4.69, 9.17) is 11.1 Å². The van der Waals surface area contributed by atoms with Crippen molar-refractivity contribution in [3.63, 3.8) is 0 Å². The number of rotatable bonds is 5. The van der Waals surface area contributed by atoms with Gasteiger partial charge in [-0.3, -0.25) is 5.41 Å². The Balaban J connectivity index is 2.37. The molecule has 0 saturated heterocycles. The lowest BCUT2D eigenvalue weighted by molar-refractivity contribution is -0.0491. The molecule has 0 bridgehead atoms. The first-order valence-corrected chi connectivity index (χ1v) is 9.56. The third-order valence-electron chi connectivity index (χ3n) is 6.86. The number of nitrogens with one attached hydrogen (secondary N) is 2. The van der Waals surface area contributed by atoms with Crippen molar-refractivity contribution in [2.45, 2.75) is 96.9 Å². The molecule has 0 aliphatic heterocycles. The normalized spacial score (nSPS) is 22.5. The molecule has 0 aromatic rings. The zero-order valence-corrected chi connectivity index (χ0v) is 15.0. The van der Waals surface area contributed by atoms with Crippen LogP contribution >= 0.6 is 0 Å². The van der Waals surface area contributed by atoms with Crippen molar-refractivity contribution < 1.29 is 0 Å². The number of nitrogens with two attached hydrogens (primary N) is 1. The molecule has 2 fully saturated rings. The van der Waals surface area contributed by atoms with Crippen LogP contribution < -0.4 is 11.1 Å². The zero-order chi connectivity index (χ0) is 16.2. The van der Waals surface area contributed by atoms with Crippen LogP contribution in [-0.4, -0.2) is 11.5 Å². The summed E-state index contributed by atoms with van der Waals surface area (Å²) in [7, 11) is 0.